The summed E-state index contributed by atoms with van der Waals surface area (Å²) < 4.78 is 37.5. The molecule has 0 aliphatic carbocycles. The van der Waals surface area contributed by atoms with Crippen LogP contribution in [0.1, 0.15) is 23.1 Å². The van der Waals surface area contributed by atoms with Crippen LogP contribution in [-0.2, 0) is 5.88 Å². The van der Waals surface area contributed by atoms with Crippen molar-refractivity contribution < 1.29 is 13.2 Å². The van der Waals surface area contributed by atoms with Crippen LogP contribution in [0.25, 0.3) is 0 Å². The molecule has 0 N–H and O–H groups in total. The van der Waals surface area contributed by atoms with Gasteiger partial charge < -0.3 is 0 Å². The molecule has 0 fully saturated rings. The molecule has 0 bridgehead atoms. The van der Waals surface area contributed by atoms with Crippen LogP contribution in [0.5, 0.6) is 0 Å². The molecule has 0 saturated carbocycles. The first-order chi connectivity index (χ1) is 6.07. The summed E-state index contributed by atoms with van der Waals surface area (Å²) >= 11 is 5.43. The molecule has 0 aliphatic heterocycles. The molecule has 0 atom stereocenters. The number of hydrogen-bond donors (Lipinski definition) is 0. The number of aromatic nitrogens is 1. The first-order valence-electron chi connectivity index (χ1n) is 3.56. The van der Waals surface area contributed by atoms with Crippen LogP contribution < -0.4 is 0 Å². The molecule has 1 rings (SSSR count). The zero-order valence-corrected chi connectivity index (χ0v) is 7.58. The minimum Gasteiger partial charge on any atom is -0.228 e. The molecule has 0 amide bonds. The van der Waals surface area contributed by atoms with Gasteiger partial charge >= 0.3 is 0 Å². The first-order valence-corrected chi connectivity index (χ1v) is 4.09. The van der Waals surface area contributed by atoms with Crippen molar-refractivity contribution in [3.8, 4) is 0 Å². The third-order valence-electron chi connectivity index (χ3n) is 1.75. The van der Waals surface area contributed by atoms with Crippen molar-refractivity contribution in [2.24, 2.45) is 0 Å². The molecule has 1 nitrogen and oxygen atoms in total. The average molecular weight is 210 g/mol. The lowest BCUT2D eigenvalue weighted by molar-refractivity contribution is 0.144. The fourth-order valence-electron chi connectivity index (χ4n) is 1.04. The molecule has 0 radical (unpaired) electrons. The molecule has 0 aliphatic rings. The van der Waals surface area contributed by atoms with Crippen LogP contribution in [0.4, 0.5) is 13.2 Å². The number of aryl methyl sites for hydroxylation is 1. The minimum atomic E-state index is -2.87. The van der Waals surface area contributed by atoms with Crippen molar-refractivity contribution in [1.29, 1.82) is 0 Å². The van der Waals surface area contributed by atoms with Crippen LogP contribution in [0, 0.1) is 12.9 Å². The number of hydrogen-bond acceptors (Lipinski definition) is 1. The van der Waals surface area contributed by atoms with Gasteiger partial charge in [-0.3, -0.25) is 0 Å². The van der Waals surface area contributed by atoms with Crippen molar-refractivity contribution in [3.63, 3.8) is 0 Å². The molecule has 0 aromatic carbocycles. The van der Waals surface area contributed by atoms with E-state index in [1.54, 1.807) is 6.92 Å². The van der Waals surface area contributed by atoms with Gasteiger partial charge in [-0.1, -0.05) is 0 Å². The maximum absolute atomic E-state index is 12.8. The van der Waals surface area contributed by atoms with E-state index in [9.17, 15) is 13.2 Å². The molecule has 13 heavy (non-hydrogen) atoms. The first kappa shape index (κ1) is 10.3. The van der Waals surface area contributed by atoms with Gasteiger partial charge in [0, 0.05) is 12.1 Å². The quantitative estimate of drug-likeness (QED) is 0.538. The monoisotopic (exact) mass is 209 g/mol. The van der Waals surface area contributed by atoms with E-state index in [0.29, 0.717) is 5.56 Å². The SMILES string of the molecule is Cc1cnc(F)c(C(F)F)c1CCl. The standard InChI is InChI=1S/C8H7ClF3N/c1-4-3-13-8(12)6(7(10)11)5(4)2-9/h3,7H,2H2,1H3. The Balaban J connectivity index is 3.35. The van der Waals surface area contributed by atoms with E-state index in [0.717, 1.165) is 0 Å². The smallest absolute Gasteiger partial charge is 0.228 e. The van der Waals surface area contributed by atoms with Gasteiger partial charge in [0.1, 0.15) is 0 Å². The highest BCUT2D eigenvalue weighted by Gasteiger charge is 2.20. The van der Waals surface area contributed by atoms with E-state index in [1.807, 2.05) is 0 Å². The van der Waals surface area contributed by atoms with Gasteiger partial charge in [0.2, 0.25) is 5.95 Å². The minimum absolute atomic E-state index is 0.129. The molecule has 72 valence electrons. The highest BCUT2D eigenvalue weighted by atomic mass is 35.5. The van der Waals surface area contributed by atoms with Gasteiger partial charge in [0.25, 0.3) is 6.43 Å². The van der Waals surface area contributed by atoms with Crippen molar-refractivity contribution >= 4 is 11.6 Å². The predicted octanol–water partition coefficient (Wildman–Crippen LogP) is 3.21. The van der Waals surface area contributed by atoms with Crippen molar-refractivity contribution in [2.75, 3.05) is 0 Å². The number of alkyl halides is 3. The summed E-state index contributed by atoms with van der Waals surface area (Å²) in [6.45, 7) is 1.57. The average Bonchev–Trinajstić information content (AvgIpc) is 2.07. The maximum Gasteiger partial charge on any atom is 0.268 e. The highest BCUT2D eigenvalue weighted by Crippen LogP contribution is 2.27. The topological polar surface area (TPSA) is 12.9 Å². The summed E-state index contributed by atoms with van der Waals surface area (Å²) in [6, 6.07) is 0. The lowest BCUT2D eigenvalue weighted by Crippen LogP contribution is -2.02. The van der Waals surface area contributed by atoms with Gasteiger partial charge in [-0.15, -0.1) is 11.6 Å². The van der Waals surface area contributed by atoms with Gasteiger partial charge in [-0.2, -0.15) is 4.39 Å². The van der Waals surface area contributed by atoms with Crippen LogP contribution in [-0.4, -0.2) is 4.98 Å². The van der Waals surface area contributed by atoms with Gasteiger partial charge in [-0.05, 0) is 18.1 Å². The Morgan fingerprint density at radius 1 is 1.54 bits per heavy atom. The van der Waals surface area contributed by atoms with Gasteiger partial charge in [-0.25, -0.2) is 13.8 Å². The second-order valence-electron chi connectivity index (χ2n) is 2.56. The number of pyridine rings is 1. The largest absolute Gasteiger partial charge is 0.268 e. The maximum atomic E-state index is 12.8. The Bertz CT molecular complexity index is 315. The Labute approximate surface area is 78.5 Å². The van der Waals surface area contributed by atoms with Crippen LogP contribution in [0.15, 0.2) is 6.20 Å². The fourth-order valence-corrected chi connectivity index (χ4v) is 1.39. The number of halogens is 4. The summed E-state index contributed by atoms with van der Waals surface area (Å²) in [4.78, 5) is 3.20. The number of rotatable bonds is 2. The predicted molar refractivity (Wildman–Crippen MR) is 43.4 cm³/mol. The molecular formula is C8H7ClF3N. The number of nitrogens with zero attached hydrogens (tertiary/aromatic N) is 1. The van der Waals surface area contributed by atoms with E-state index >= 15 is 0 Å². The summed E-state index contributed by atoms with van der Waals surface area (Å²) in [5, 5.41) is 0. The van der Waals surface area contributed by atoms with Crippen molar-refractivity contribution in [3.05, 3.63) is 28.8 Å². The normalized spacial score (nSPS) is 10.9. The molecule has 0 unspecified atom stereocenters. The van der Waals surface area contributed by atoms with Crippen LogP contribution in [0.2, 0.25) is 0 Å². The zero-order chi connectivity index (χ0) is 10.0. The summed E-state index contributed by atoms with van der Waals surface area (Å²) in [5.74, 6) is -1.28. The lowest BCUT2D eigenvalue weighted by Gasteiger charge is -2.08. The van der Waals surface area contributed by atoms with Crippen molar-refractivity contribution in [2.45, 2.75) is 19.2 Å². The molecular weight excluding hydrogens is 203 g/mol. The van der Waals surface area contributed by atoms with E-state index < -0.39 is 17.9 Å². The van der Waals surface area contributed by atoms with Crippen LogP contribution in [0.3, 0.4) is 0 Å². The molecule has 5 heteroatoms. The Morgan fingerprint density at radius 3 is 2.54 bits per heavy atom. The molecule has 1 aromatic rings. The Hall–Kier alpha value is -0.770. The van der Waals surface area contributed by atoms with Gasteiger partial charge in [0.05, 0.1) is 5.56 Å². The van der Waals surface area contributed by atoms with Crippen LogP contribution >= 0.6 is 11.6 Å². The third kappa shape index (κ3) is 1.94. The fraction of sp³-hybridized carbons (Fsp3) is 0.375. The Kier molecular flexibility index (Phi) is 3.14. The third-order valence-corrected chi connectivity index (χ3v) is 2.01. The Morgan fingerprint density at radius 2 is 2.15 bits per heavy atom. The van der Waals surface area contributed by atoms with Crippen molar-refractivity contribution in [1.82, 2.24) is 4.98 Å². The molecule has 1 aromatic heterocycles. The highest BCUT2D eigenvalue weighted by molar-refractivity contribution is 6.17. The summed E-state index contributed by atoms with van der Waals surface area (Å²) in [7, 11) is 0. The lowest BCUT2D eigenvalue weighted by atomic mass is 10.1. The summed E-state index contributed by atoms with van der Waals surface area (Å²) in [5.41, 5.74) is -0.0779. The molecule has 0 saturated heterocycles. The van der Waals surface area contributed by atoms with E-state index in [1.165, 1.54) is 6.20 Å². The zero-order valence-electron chi connectivity index (χ0n) is 6.82. The van der Waals surface area contributed by atoms with E-state index in [-0.39, 0.29) is 11.4 Å². The van der Waals surface area contributed by atoms with E-state index in [4.69, 9.17) is 11.6 Å². The van der Waals surface area contributed by atoms with E-state index in [2.05, 4.69) is 4.98 Å². The molecule has 0 spiro atoms. The second-order valence-corrected chi connectivity index (χ2v) is 2.83. The molecule has 1 heterocycles. The summed E-state index contributed by atoms with van der Waals surface area (Å²) in [6.07, 6.45) is -1.68. The second kappa shape index (κ2) is 3.96. The van der Waals surface area contributed by atoms with Gasteiger partial charge in [0.15, 0.2) is 0 Å².